The van der Waals surface area contributed by atoms with Gasteiger partial charge in [0.05, 0.1) is 5.25 Å². The molecule has 0 aliphatic heterocycles. The number of amides is 1. The molecule has 0 radical (unpaired) electrons. The Kier molecular flexibility index (Phi) is 5.51. The molecule has 23 heavy (non-hydrogen) atoms. The van der Waals surface area contributed by atoms with E-state index in [9.17, 15) is 4.79 Å². The van der Waals surface area contributed by atoms with Gasteiger partial charge in [0.15, 0.2) is 4.34 Å². The predicted molar refractivity (Wildman–Crippen MR) is 95.4 cm³/mol. The second-order valence-electron chi connectivity index (χ2n) is 5.61. The minimum absolute atomic E-state index is 0.0923. The highest BCUT2D eigenvalue weighted by atomic mass is 32.2. The van der Waals surface area contributed by atoms with Crippen LogP contribution in [0.15, 0.2) is 34.7 Å². The maximum Gasteiger partial charge on any atom is 0.233 e. The summed E-state index contributed by atoms with van der Waals surface area (Å²) in [6, 6.07) is 10.2. The molecule has 0 spiro atoms. The number of anilines is 2. The van der Waals surface area contributed by atoms with Crippen LogP contribution in [0, 0.1) is 0 Å². The zero-order chi connectivity index (χ0) is 16.1. The normalized spacial score (nSPS) is 16.2. The third-order valence-electron chi connectivity index (χ3n) is 3.78. The zero-order valence-corrected chi connectivity index (χ0v) is 14.6. The second-order valence-corrected chi connectivity index (χ2v) is 8.18. The summed E-state index contributed by atoms with van der Waals surface area (Å²) in [4.78, 5) is 12.2. The Balaban J connectivity index is 1.52. The fourth-order valence-corrected chi connectivity index (χ4v) is 4.47. The molecule has 0 saturated heterocycles. The Morgan fingerprint density at radius 3 is 2.74 bits per heavy atom. The van der Waals surface area contributed by atoms with Crippen molar-refractivity contribution in [2.45, 2.75) is 48.2 Å². The molecule has 3 rings (SSSR count). The van der Waals surface area contributed by atoms with Gasteiger partial charge in [-0.3, -0.25) is 4.79 Å². The van der Waals surface area contributed by atoms with Crippen LogP contribution in [-0.4, -0.2) is 27.4 Å². The zero-order valence-electron chi connectivity index (χ0n) is 13.0. The average molecular weight is 348 g/mol. The number of thioether (sulfide) groups is 1. The minimum atomic E-state index is -0.159. The van der Waals surface area contributed by atoms with E-state index >= 15 is 0 Å². The van der Waals surface area contributed by atoms with Gasteiger partial charge in [0.25, 0.3) is 0 Å². The fourth-order valence-electron chi connectivity index (χ4n) is 2.55. The average Bonchev–Trinajstić information content (AvgIpc) is 3.20. The van der Waals surface area contributed by atoms with Crippen LogP contribution in [0.3, 0.4) is 0 Å². The highest BCUT2D eigenvalue weighted by Crippen LogP contribution is 2.30. The summed E-state index contributed by atoms with van der Waals surface area (Å²) in [6.45, 7) is 1.92. The lowest BCUT2D eigenvalue weighted by atomic mass is 10.2. The first-order chi connectivity index (χ1) is 11.2. The third kappa shape index (κ3) is 4.68. The molecular weight excluding hydrogens is 328 g/mol. The maximum atomic E-state index is 12.2. The predicted octanol–water partition coefficient (Wildman–Crippen LogP) is 3.82. The summed E-state index contributed by atoms with van der Waals surface area (Å²) < 4.78 is 0.803. The Hall–Kier alpha value is -1.60. The van der Waals surface area contributed by atoms with Crippen molar-refractivity contribution in [2.24, 2.45) is 0 Å². The lowest BCUT2D eigenvalue weighted by molar-refractivity contribution is -0.120. The van der Waals surface area contributed by atoms with E-state index in [0.717, 1.165) is 28.0 Å². The van der Waals surface area contributed by atoms with Crippen LogP contribution >= 0.6 is 23.1 Å². The summed E-state index contributed by atoms with van der Waals surface area (Å²) in [7, 11) is 0. The molecule has 2 N–H and O–H groups in total. The first-order valence-electron chi connectivity index (χ1n) is 7.83. The van der Waals surface area contributed by atoms with Crippen LogP contribution < -0.4 is 10.6 Å². The van der Waals surface area contributed by atoms with Crippen LogP contribution in [-0.2, 0) is 4.79 Å². The van der Waals surface area contributed by atoms with E-state index in [-0.39, 0.29) is 11.2 Å². The van der Waals surface area contributed by atoms with E-state index in [1.54, 1.807) is 0 Å². The molecule has 1 fully saturated rings. The maximum absolute atomic E-state index is 12.2. The number of carbonyl (C=O) groups excluding carboxylic acids is 1. The molecule has 1 amide bonds. The SMILES string of the molecule is C[C@@H](Sc1nnc(Nc2ccccc2)s1)C(=O)NC1CCCC1. The lowest BCUT2D eigenvalue weighted by Crippen LogP contribution is -2.37. The van der Waals surface area contributed by atoms with Gasteiger partial charge in [-0.1, -0.05) is 54.1 Å². The molecule has 1 aliphatic carbocycles. The van der Waals surface area contributed by atoms with Crippen molar-refractivity contribution >= 4 is 39.8 Å². The second kappa shape index (κ2) is 7.79. The molecule has 0 unspecified atom stereocenters. The van der Waals surface area contributed by atoms with Crippen LogP contribution in [0.1, 0.15) is 32.6 Å². The monoisotopic (exact) mass is 348 g/mol. The number of hydrogen-bond acceptors (Lipinski definition) is 6. The van der Waals surface area contributed by atoms with Crippen LogP contribution in [0.25, 0.3) is 0 Å². The number of rotatable bonds is 6. The minimum Gasteiger partial charge on any atom is -0.352 e. The van der Waals surface area contributed by atoms with Crippen molar-refractivity contribution in [3.63, 3.8) is 0 Å². The van der Waals surface area contributed by atoms with E-state index in [1.807, 2.05) is 37.3 Å². The van der Waals surface area contributed by atoms with Gasteiger partial charge in [-0.15, -0.1) is 10.2 Å². The Morgan fingerprint density at radius 1 is 1.26 bits per heavy atom. The summed E-state index contributed by atoms with van der Waals surface area (Å²) in [5.74, 6) is 0.0923. The van der Waals surface area contributed by atoms with Crippen molar-refractivity contribution in [1.82, 2.24) is 15.5 Å². The third-order valence-corrected chi connectivity index (χ3v) is 5.80. The number of hydrogen-bond donors (Lipinski definition) is 2. The van der Waals surface area contributed by atoms with Gasteiger partial charge >= 0.3 is 0 Å². The number of nitrogens with one attached hydrogen (secondary N) is 2. The van der Waals surface area contributed by atoms with Crippen LogP contribution in [0.2, 0.25) is 0 Å². The van der Waals surface area contributed by atoms with Gasteiger partial charge in [0.1, 0.15) is 0 Å². The molecule has 1 saturated carbocycles. The number of aromatic nitrogens is 2. The van der Waals surface area contributed by atoms with Gasteiger partial charge in [0, 0.05) is 11.7 Å². The van der Waals surface area contributed by atoms with Crippen molar-refractivity contribution in [3.05, 3.63) is 30.3 Å². The lowest BCUT2D eigenvalue weighted by Gasteiger charge is -2.15. The molecule has 1 atom stereocenters. The Labute approximate surface area is 144 Å². The van der Waals surface area contributed by atoms with Gasteiger partial charge in [0.2, 0.25) is 11.0 Å². The molecule has 1 aromatic heterocycles. The number of nitrogens with zero attached hydrogens (tertiary/aromatic N) is 2. The standard InChI is InChI=1S/C16H20N4OS2/c1-11(14(21)17-12-9-5-6-10-12)22-16-20-19-15(23-16)18-13-7-3-2-4-8-13/h2-4,7-8,11-12H,5-6,9-10H2,1H3,(H,17,21)(H,18,19)/t11-/m1/s1. The van der Waals surface area contributed by atoms with E-state index < -0.39 is 0 Å². The highest BCUT2D eigenvalue weighted by molar-refractivity contribution is 8.02. The smallest absolute Gasteiger partial charge is 0.233 e. The van der Waals surface area contributed by atoms with Gasteiger partial charge in [-0.25, -0.2) is 0 Å². The van der Waals surface area contributed by atoms with Crippen LogP contribution in [0.4, 0.5) is 10.8 Å². The Bertz CT molecular complexity index is 641. The molecular formula is C16H20N4OS2. The van der Waals surface area contributed by atoms with E-state index in [0.29, 0.717) is 6.04 Å². The van der Waals surface area contributed by atoms with E-state index in [2.05, 4.69) is 20.8 Å². The van der Waals surface area contributed by atoms with Gasteiger partial charge in [-0.05, 0) is 31.9 Å². The molecule has 122 valence electrons. The quantitative estimate of drug-likeness (QED) is 0.777. The van der Waals surface area contributed by atoms with E-state index in [1.165, 1.54) is 35.9 Å². The van der Waals surface area contributed by atoms with Crippen LogP contribution in [0.5, 0.6) is 0 Å². The number of carbonyl (C=O) groups is 1. The van der Waals surface area contributed by atoms with Crippen molar-refractivity contribution in [2.75, 3.05) is 5.32 Å². The topological polar surface area (TPSA) is 66.9 Å². The van der Waals surface area contributed by atoms with Crippen molar-refractivity contribution < 1.29 is 4.79 Å². The molecule has 5 nitrogen and oxygen atoms in total. The van der Waals surface area contributed by atoms with Gasteiger partial charge < -0.3 is 10.6 Å². The van der Waals surface area contributed by atoms with E-state index in [4.69, 9.17) is 0 Å². The fraction of sp³-hybridized carbons (Fsp3) is 0.438. The molecule has 2 aromatic rings. The van der Waals surface area contributed by atoms with Gasteiger partial charge in [-0.2, -0.15) is 0 Å². The summed E-state index contributed by atoms with van der Waals surface area (Å²) in [5, 5.41) is 15.2. The Morgan fingerprint density at radius 2 is 2.00 bits per heavy atom. The summed E-state index contributed by atoms with van der Waals surface area (Å²) >= 11 is 2.93. The van der Waals surface area contributed by atoms with Crippen molar-refractivity contribution in [3.8, 4) is 0 Å². The number of para-hydroxylation sites is 1. The first-order valence-corrected chi connectivity index (χ1v) is 9.53. The highest BCUT2D eigenvalue weighted by Gasteiger charge is 2.22. The number of benzene rings is 1. The first kappa shape index (κ1) is 16.3. The molecule has 1 aromatic carbocycles. The summed E-state index contributed by atoms with van der Waals surface area (Å²) in [5.41, 5.74) is 0.979. The molecule has 0 bridgehead atoms. The molecule has 1 aliphatic rings. The summed E-state index contributed by atoms with van der Waals surface area (Å²) in [6.07, 6.45) is 4.65. The molecule has 1 heterocycles. The largest absolute Gasteiger partial charge is 0.352 e. The van der Waals surface area contributed by atoms with Crippen molar-refractivity contribution in [1.29, 1.82) is 0 Å². The molecule has 7 heteroatoms.